The minimum absolute atomic E-state index is 0.0419. The first-order valence-corrected chi connectivity index (χ1v) is 12.7. The molecule has 2 aromatic heterocycles. The summed E-state index contributed by atoms with van der Waals surface area (Å²) in [6.45, 7) is 2.79. The van der Waals surface area contributed by atoms with E-state index in [-0.39, 0.29) is 25.0 Å². The average Bonchev–Trinajstić information content (AvgIpc) is 3.63. The number of hydrogen-bond donors (Lipinski definition) is 0. The van der Waals surface area contributed by atoms with Gasteiger partial charge in [-0.2, -0.15) is 0 Å². The monoisotopic (exact) mass is 497 g/mol. The summed E-state index contributed by atoms with van der Waals surface area (Å²) in [6, 6.07) is 24.8. The topological polar surface area (TPSA) is 67.9 Å². The third-order valence-corrected chi connectivity index (χ3v) is 6.60. The SMILES string of the molecule is CCCCN(CC(=O)N1c2ccccc2-n2cccc2C1c1ccco1)C(=O)COCc1ccccc1. The van der Waals surface area contributed by atoms with E-state index in [0.717, 1.165) is 35.5 Å². The highest BCUT2D eigenvalue weighted by Gasteiger charge is 2.38. The number of aromatic nitrogens is 1. The molecule has 5 rings (SSSR count). The lowest BCUT2D eigenvalue weighted by Gasteiger charge is -2.38. The molecule has 0 saturated heterocycles. The number of rotatable bonds is 10. The van der Waals surface area contributed by atoms with Crippen LogP contribution in [-0.2, 0) is 20.9 Å². The lowest BCUT2D eigenvalue weighted by Crippen LogP contribution is -2.47. The van der Waals surface area contributed by atoms with Gasteiger partial charge in [0, 0.05) is 12.7 Å². The Morgan fingerprint density at radius 3 is 2.49 bits per heavy atom. The molecule has 0 saturated carbocycles. The first-order valence-electron chi connectivity index (χ1n) is 12.7. The summed E-state index contributed by atoms with van der Waals surface area (Å²) in [5.74, 6) is 0.301. The van der Waals surface area contributed by atoms with Gasteiger partial charge in [-0.3, -0.25) is 14.5 Å². The maximum absolute atomic E-state index is 14.0. The molecule has 3 heterocycles. The molecule has 2 aromatic carbocycles. The van der Waals surface area contributed by atoms with E-state index in [1.807, 2.05) is 85.1 Å². The van der Waals surface area contributed by atoms with E-state index in [9.17, 15) is 9.59 Å². The molecule has 7 nitrogen and oxygen atoms in total. The molecule has 1 aliphatic rings. The van der Waals surface area contributed by atoms with Crippen LogP contribution in [0.25, 0.3) is 5.69 Å². The van der Waals surface area contributed by atoms with Crippen molar-refractivity contribution in [1.29, 1.82) is 0 Å². The fourth-order valence-electron chi connectivity index (χ4n) is 4.78. The van der Waals surface area contributed by atoms with E-state index >= 15 is 0 Å². The van der Waals surface area contributed by atoms with Gasteiger partial charge in [-0.15, -0.1) is 0 Å². The van der Waals surface area contributed by atoms with Gasteiger partial charge in [-0.25, -0.2) is 0 Å². The molecule has 1 unspecified atom stereocenters. The Bertz CT molecular complexity index is 1330. The summed E-state index contributed by atoms with van der Waals surface area (Å²) in [5.41, 5.74) is 3.62. The largest absolute Gasteiger partial charge is 0.467 e. The second kappa shape index (κ2) is 11.3. The van der Waals surface area contributed by atoms with Crippen molar-refractivity contribution in [2.24, 2.45) is 0 Å². The third kappa shape index (κ3) is 5.22. The van der Waals surface area contributed by atoms with Crippen molar-refractivity contribution in [3.8, 4) is 5.69 Å². The van der Waals surface area contributed by atoms with Crippen molar-refractivity contribution in [3.05, 3.63) is 108 Å². The molecule has 190 valence electrons. The Labute approximate surface area is 216 Å². The molecule has 1 aliphatic heterocycles. The molecule has 1 atom stereocenters. The molecule has 0 fully saturated rings. The van der Waals surface area contributed by atoms with E-state index in [1.165, 1.54) is 0 Å². The van der Waals surface area contributed by atoms with Gasteiger partial charge in [-0.1, -0.05) is 55.8 Å². The smallest absolute Gasteiger partial charge is 0.249 e. The fourth-order valence-corrected chi connectivity index (χ4v) is 4.78. The summed E-state index contributed by atoms with van der Waals surface area (Å²) in [4.78, 5) is 30.6. The second-order valence-corrected chi connectivity index (χ2v) is 9.12. The molecule has 0 N–H and O–H groups in total. The Balaban J connectivity index is 1.39. The van der Waals surface area contributed by atoms with Gasteiger partial charge in [0.05, 0.1) is 29.9 Å². The molecule has 0 spiro atoms. The van der Waals surface area contributed by atoms with Crippen LogP contribution in [0.2, 0.25) is 0 Å². The first kappa shape index (κ1) is 24.6. The number of benzene rings is 2. The number of ether oxygens (including phenoxy) is 1. The molecular formula is C30H31N3O4. The number of para-hydroxylation sites is 2. The molecule has 2 amide bonds. The van der Waals surface area contributed by atoms with Crippen molar-refractivity contribution >= 4 is 17.5 Å². The number of nitrogens with zero attached hydrogens (tertiary/aromatic N) is 3. The highest BCUT2D eigenvalue weighted by Crippen LogP contribution is 2.42. The third-order valence-electron chi connectivity index (χ3n) is 6.60. The van der Waals surface area contributed by atoms with Gasteiger partial charge in [0.25, 0.3) is 0 Å². The molecule has 7 heteroatoms. The maximum Gasteiger partial charge on any atom is 0.249 e. The van der Waals surface area contributed by atoms with E-state index < -0.39 is 6.04 Å². The predicted molar refractivity (Wildman–Crippen MR) is 141 cm³/mol. The summed E-state index contributed by atoms with van der Waals surface area (Å²) in [7, 11) is 0. The summed E-state index contributed by atoms with van der Waals surface area (Å²) >= 11 is 0. The lowest BCUT2D eigenvalue weighted by molar-refractivity contribution is -0.139. The molecule has 0 bridgehead atoms. The number of furan rings is 1. The van der Waals surface area contributed by atoms with Gasteiger partial charge >= 0.3 is 0 Å². The van der Waals surface area contributed by atoms with Crippen molar-refractivity contribution in [3.63, 3.8) is 0 Å². The van der Waals surface area contributed by atoms with Crippen LogP contribution in [0.5, 0.6) is 0 Å². The summed E-state index contributed by atoms with van der Waals surface area (Å²) in [5, 5.41) is 0. The van der Waals surface area contributed by atoms with Crippen LogP contribution in [0.15, 0.2) is 95.7 Å². The minimum atomic E-state index is -0.440. The number of anilines is 1. The average molecular weight is 498 g/mol. The van der Waals surface area contributed by atoms with Gasteiger partial charge in [-0.05, 0) is 48.4 Å². The zero-order chi connectivity index (χ0) is 25.6. The van der Waals surface area contributed by atoms with Gasteiger partial charge in [0.1, 0.15) is 25.0 Å². The normalized spacial score (nSPS) is 14.2. The van der Waals surface area contributed by atoms with Crippen LogP contribution in [0.4, 0.5) is 5.69 Å². The number of hydrogen-bond acceptors (Lipinski definition) is 4. The molecule has 4 aromatic rings. The first-order chi connectivity index (χ1) is 18.2. The number of unbranched alkanes of at least 4 members (excludes halogenated alkanes) is 1. The summed E-state index contributed by atoms with van der Waals surface area (Å²) < 4.78 is 13.6. The van der Waals surface area contributed by atoms with Crippen molar-refractivity contribution in [2.75, 3.05) is 24.6 Å². The number of carbonyl (C=O) groups is 2. The zero-order valence-electron chi connectivity index (χ0n) is 21.0. The van der Waals surface area contributed by atoms with Crippen LogP contribution in [0.3, 0.4) is 0 Å². The summed E-state index contributed by atoms with van der Waals surface area (Å²) in [6.07, 6.45) is 5.33. The standard InChI is InChI=1S/C30H31N3O4/c1-2-3-17-31(29(35)22-36-21-23-11-5-4-6-12-23)20-28(34)33-25-14-8-7-13-24(25)32-18-9-15-26(32)30(33)27-16-10-19-37-27/h4-16,18-19,30H,2-3,17,20-22H2,1H3. The number of amides is 2. The Morgan fingerprint density at radius 1 is 0.946 bits per heavy atom. The van der Waals surface area contributed by atoms with Crippen molar-refractivity contribution in [1.82, 2.24) is 9.47 Å². The molecule has 37 heavy (non-hydrogen) atoms. The molecule has 0 radical (unpaired) electrons. The minimum Gasteiger partial charge on any atom is -0.467 e. The Morgan fingerprint density at radius 2 is 1.73 bits per heavy atom. The quantitative estimate of drug-likeness (QED) is 0.296. The molecule has 0 aliphatic carbocycles. The van der Waals surface area contributed by atoms with Crippen molar-refractivity contribution < 1.29 is 18.7 Å². The second-order valence-electron chi connectivity index (χ2n) is 9.12. The number of fused-ring (bicyclic) bond motifs is 3. The Hall–Kier alpha value is -4.10. The van der Waals surface area contributed by atoms with Gasteiger partial charge < -0.3 is 18.6 Å². The van der Waals surface area contributed by atoms with Gasteiger partial charge in [0.2, 0.25) is 11.8 Å². The van der Waals surface area contributed by atoms with E-state index in [1.54, 1.807) is 16.1 Å². The number of carbonyl (C=O) groups excluding carboxylic acids is 2. The van der Waals surface area contributed by atoms with E-state index in [4.69, 9.17) is 9.15 Å². The van der Waals surface area contributed by atoms with Crippen LogP contribution in [0.1, 0.15) is 42.8 Å². The van der Waals surface area contributed by atoms with Crippen LogP contribution in [0, 0.1) is 0 Å². The fraction of sp³-hybridized carbons (Fsp3) is 0.267. The van der Waals surface area contributed by atoms with Gasteiger partial charge in [0.15, 0.2) is 0 Å². The van der Waals surface area contributed by atoms with E-state index in [2.05, 4.69) is 11.5 Å². The lowest BCUT2D eigenvalue weighted by atomic mass is 10.0. The predicted octanol–water partition coefficient (Wildman–Crippen LogP) is 5.35. The molecular weight excluding hydrogens is 466 g/mol. The van der Waals surface area contributed by atoms with Crippen LogP contribution >= 0.6 is 0 Å². The van der Waals surface area contributed by atoms with E-state index in [0.29, 0.717) is 18.9 Å². The van der Waals surface area contributed by atoms with Crippen molar-refractivity contribution in [2.45, 2.75) is 32.4 Å². The Kier molecular flexibility index (Phi) is 7.51. The van der Waals surface area contributed by atoms with Crippen LogP contribution in [-0.4, -0.2) is 41.0 Å². The zero-order valence-corrected chi connectivity index (χ0v) is 21.0. The highest BCUT2D eigenvalue weighted by atomic mass is 16.5. The highest BCUT2D eigenvalue weighted by molar-refractivity contribution is 6.00. The van der Waals surface area contributed by atoms with Crippen LogP contribution < -0.4 is 4.90 Å². The maximum atomic E-state index is 14.0.